The van der Waals surface area contributed by atoms with Gasteiger partial charge in [0.2, 0.25) is 0 Å². The molecule has 0 aliphatic carbocycles. The predicted octanol–water partition coefficient (Wildman–Crippen LogP) is 2.60. The third-order valence-electron chi connectivity index (χ3n) is 3.78. The molecule has 2 rings (SSSR count). The summed E-state index contributed by atoms with van der Waals surface area (Å²) in [6.45, 7) is 8.00. The molecule has 0 saturated carbocycles. The Balaban J connectivity index is 2.14. The maximum absolute atomic E-state index is 3.45. The van der Waals surface area contributed by atoms with Crippen LogP contribution in [-0.4, -0.2) is 26.7 Å². The molecular weight excluding hydrogens is 208 g/mol. The van der Waals surface area contributed by atoms with Crippen molar-refractivity contribution in [2.24, 2.45) is 5.92 Å². The topological polar surface area (TPSA) is 15.3 Å². The first kappa shape index (κ1) is 12.4. The highest BCUT2D eigenvalue weighted by Gasteiger charge is 2.18. The van der Waals surface area contributed by atoms with Gasteiger partial charge in [0.25, 0.3) is 0 Å². The van der Waals surface area contributed by atoms with E-state index in [-0.39, 0.29) is 0 Å². The van der Waals surface area contributed by atoms with E-state index in [1.807, 2.05) is 0 Å². The molecule has 94 valence electrons. The number of nitrogens with zero attached hydrogens (tertiary/aromatic N) is 1. The molecule has 1 N–H and O–H groups in total. The van der Waals surface area contributed by atoms with E-state index in [2.05, 4.69) is 49.3 Å². The molecule has 1 heterocycles. The number of benzene rings is 1. The molecule has 0 amide bonds. The van der Waals surface area contributed by atoms with Crippen molar-refractivity contribution < 1.29 is 0 Å². The van der Waals surface area contributed by atoms with Gasteiger partial charge in [-0.25, -0.2) is 0 Å². The number of hydrogen-bond acceptors (Lipinski definition) is 2. The fraction of sp³-hybridized carbons (Fsp3) is 0.600. The lowest BCUT2D eigenvalue weighted by Gasteiger charge is -2.27. The summed E-state index contributed by atoms with van der Waals surface area (Å²) in [5, 5.41) is 3.45. The van der Waals surface area contributed by atoms with Gasteiger partial charge in [0.15, 0.2) is 0 Å². The molecule has 1 fully saturated rings. The third kappa shape index (κ3) is 2.81. The van der Waals surface area contributed by atoms with Crippen LogP contribution in [0, 0.1) is 12.8 Å². The van der Waals surface area contributed by atoms with Crippen LogP contribution in [0.2, 0.25) is 0 Å². The summed E-state index contributed by atoms with van der Waals surface area (Å²) in [5.41, 5.74) is 4.32. The molecule has 1 aromatic rings. The van der Waals surface area contributed by atoms with E-state index in [1.54, 1.807) is 0 Å². The first-order valence-electron chi connectivity index (χ1n) is 6.72. The standard InChI is InChI=1S/C15H24N2/c1-4-14-7-5-6-12(2)15(14)17(3)11-13-8-9-16-10-13/h5-7,13,16H,4,8-11H2,1-3H3. The monoisotopic (exact) mass is 232 g/mol. The van der Waals surface area contributed by atoms with E-state index in [9.17, 15) is 0 Å². The van der Waals surface area contributed by atoms with Gasteiger partial charge in [0.05, 0.1) is 0 Å². The van der Waals surface area contributed by atoms with Crippen LogP contribution in [0.25, 0.3) is 0 Å². The highest BCUT2D eigenvalue weighted by atomic mass is 15.1. The SMILES string of the molecule is CCc1cccc(C)c1N(C)CC1CCNC1. The lowest BCUT2D eigenvalue weighted by atomic mass is 10.0. The summed E-state index contributed by atoms with van der Waals surface area (Å²) in [4.78, 5) is 2.45. The average molecular weight is 232 g/mol. The van der Waals surface area contributed by atoms with Gasteiger partial charge < -0.3 is 10.2 Å². The predicted molar refractivity (Wildman–Crippen MR) is 74.8 cm³/mol. The zero-order valence-corrected chi connectivity index (χ0v) is 11.3. The molecule has 0 bridgehead atoms. The van der Waals surface area contributed by atoms with Crippen LogP contribution in [0.1, 0.15) is 24.5 Å². The summed E-state index contributed by atoms with van der Waals surface area (Å²) < 4.78 is 0. The molecule has 1 aliphatic heterocycles. The maximum atomic E-state index is 3.45. The first-order valence-corrected chi connectivity index (χ1v) is 6.72. The fourth-order valence-corrected chi connectivity index (χ4v) is 2.90. The Morgan fingerprint density at radius 1 is 1.41 bits per heavy atom. The summed E-state index contributed by atoms with van der Waals surface area (Å²) >= 11 is 0. The molecule has 0 spiro atoms. The number of nitrogens with one attached hydrogen (secondary N) is 1. The third-order valence-corrected chi connectivity index (χ3v) is 3.78. The van der Waals surface area contributed by atoms with Gasteiger partial charge in [0, 0.05) is 19.3 Å². The minimum Gasteiger partial charge on any atom is -0.374 e. The minimum absolute atomic E-state index is 0.810. The summed E-state index contributed by atoms with van der Waals surface area (Å²) in [6, 6.07) is 6.65. The fourth-order valence-electron chi connectivity index (χ4n) is 2.90. The Kier molecular flexibility index (Phi) is 4.06. The van der Waals surface area contributed by atoms with Crippen molar-refractivity contribution in [3.8, 4) is 0 Å². The Labute approximate surface area is 105 Å². The number of hydrogen-bond donors (Lipinski definition) is 1. The van der Waals surface area contributed by atoms with E-state index in [0.29, 0.717) is 0 Å². The van der Waals surface area contributed by atoms with Crippen molar-refractivity contribution >= 4 is 5.69 Å². The van der Waals surface area contributed by atoms with Gasteiger partial charge in [0.1, 0.15) is 0 Å². The second-order valence-corrected chi connectivity index (χ2v) is 5.18. The summed E-state index contributed by atoms with van der Waals surface area (Å²) in [7, 11) is 2.24. The second kappa shape index (κ2) is 5.54. The van der Waals surface area contributed by atoms with Crippen molar-refractivity contribution in [3.63, 3.8) is 0 Å². The highest BCUT2D eigenvalue weighted by molar-refractivity contribution is 5.59. The average Bonchev–Trinajstić information content (AvgIpc) is 2.81. The Morgan fingerprint density at radius 3 is 2.88 bits per heavy atom. The quantitative estimate of drug-likeness (QED) is 0.858. The van der Waals surface area contributed by atoms with E-state index < -0.39 is 0 Å². The summed E-state index contributed by atoms with van der Waals surface area (Å²) in [5.74, 6) is 0.810. The molecule has 1 aliphatic rings. The van der Waals surface area contributed by atoms with Gasteiger partial charge in [-0.05, 0) is 49.9 Å². The van der Waals surface area contributed by atoms with Crippen molar-refractivity contribution in [1.82, 2.24) is 5.32 Å². The lowest BCUT2D eigenvalue weighted by Crippen LogP contribution is -2.28. The van der Waals surface area contributed by atoms with Crippen molar-refractivity contribution in [2.75, 3.05) is 31.6 Å². The molecule has 1 atom stereocenters. The molecule has 17 heavy (non-hydrogen) atoms. The van der Waals surface area contributed by atoms with Gasteiger partial charge in [-0.1, -0.05) is 25.1 Å². The van der Waals surface area contributed by atoms with Gasteiger partial charge in [-0.2, -0.15) is 0 Å². The highest BCUT2D eigenvalue weighted by Crippen LogP contribution is 2.26. The largest absolute Gasteiger partial charge is 0.374 e. The van der Waals surface area contributed by atoms with Gasteiger partial charge >= 0.3 is 0 Å². The van der Waals surface area contributed by atoms with Crippen LogP contribution in [-0.2, 0) is 6.42 Å². The van der Waals surface area contributed by atoms with Crippen molar-refractivity contribution in [2.45, 2.75) is 26.7 Å². The van der Waals surface area contributed by atoms with E-state index in [4.69, 9.17) is 0 Å². The number of para-hydroxylation sites is 1. The van der Waals surface area contributed by atoms with Gasteiger partial charge in [-0.15, -0.1) is 0 Å². The van der Waals surface area contributed by atoms with Crippen molar-refractivity contribution in [1.29, 1.82) is 0 Å². The van der Waals surface area contributed by atoms with Crippen LogP contribution < -0.4 is 10.2 Å². The summed E-state index contributed by atoms with van der Waals surface area (Å²) in [6.07, 6.45) is 2.43. The molecule has 0 radical (unpaired) electrons. The molecule has 2 nitrogen and oxygen atoms in total. The van der Waals surface area contributed by atoms with Crippen molar-refractivity contribution in [3.05, 3.63) is 29.3 Å². The van der Waals surface area contributed by atoms with Crippen LogP contribution in [0.5, 0.6) is 0 Å². The minimum atomic E-state index is 0.810. The lowest BCUT2D eigenvalue weighted by molar-refractivity contribution is 0.577. The van der Waals surface area contributed by atoms with E-state index in [1.165, 1.54) is 42.9 Å². The number of anilines is 1. The normalized spacial score (nSPS) is 19.6. The molecule has 2 heteroatoms. The van der Waals surface area contributed by atoms with Crippen LogP contribution in [0.4, 0.5) is 5.69 Å². The van der Waals surface area contributed by atoms with E-state index in [0.717, 1.165) is 12.3 Å². The smallest absolute Gasteiger partial charge is 0.0425 e. The Morgan fingerprint density at radius 2 is 2.24 bits per heavy atom. The van der Waals surface area contributed by atoms with Gasteiger partial charge in [-0.3, -0.25) is 0 Å². The van der Waals surface area contributed by atoms with Crippen LogP contribution in [0.15, 0.2) is 18.2 Å². The Hall–Kier alpha value is -1.02. The molecule has 1 saturated heterocycles. The maximum Gasteiger partial charge on any atom is 0.0425 e. The zero-order chi connectivity index (χ0) is 12.3. The number of rotatable bonds is 4. The number of aryl methyl sites for hydroxylation is 2. The second-order valence-electron chi connectivity index (χ2n) is 5.18. The molecular formula is C15H24N2. The van der Waals surface area contributed by atoms with E-state index >= 15 is 0 Å². The van der Waals surface area contributed by atoms with Crippen LogP contribution >= 0.6 is 0 Å². The molecule has 1 aromatic carbocycles. The molecule has 1 unspecified atom stereocenters. The zero-order valence-electron chi connectivity index (χ0n) is 11.3. The van der Waals surface area contributed by atoms with Crippen LogP contribution in [0.3, 0.4) is 0 Å². The molecule has 0 aromatic heterocycles. The Bertz CT molecular complexity index is 367. The first-order chi connectivity index (χ1) is 8.22.